The molecule has 166 valence electrons. The summed E-state index contributed by atoms with van der Waals surface area (Å²) in [5.74, 6) is 2.31. The van der Waals surface area contributed by atoms with Crippen LogP contribution in [-0.4, -0.2) is 0 Å². The Bertz CT molecular complexity index is 803. The third kappa shape index (κ3) is 6.70. The third-order valence-corrected chi connectivity index (χ3v) is 7.58. The lowest BCUT2D eigenvalue weighted by molar-refractivity contribution is 0.303. The summed E-state index contributed by atoms with van der Waals surface area (Å²) in [6.45, 7) is 6.73. The Labute approximate surface area is 190 Å². The molecule has 2 aromatic rings. The van der Waals surface area contributed by atoms with Gasteiger partial charge in [0.2, 0.25) is 0 Å². The molecule has 1 heteroatoms. The van der Waals surface area contributed by atoms with Gasteiger partial charge in [-0.25, -0.2) is 0 Å². The number of unbranched alkanes of at least 4 members (excludes halogenated alkanes) is 2. The van der Waals surface area contributed by atoms with Crippen molar-refractivity contribution in [2.45, 2.75) is 96.8 Å². The van der Waals surface area contributed by atoms with E-state index in [1.165, 1.54) is 68.1 Å². The van der Waals surface area contributed by atoms with Gasteiger partial charge < -0.3 is 0 Å². The molecule has 0 saturated heterocycles. The van der Waals surface area contributed by atoms with Crippen molar-refractivity contribution in [1.82, 2.24) is 0 Å². The number of rotatable bonds is 10. The van der Waals surface area contributed by atoms with Crippen LogP contribution in [0.4, 0.5) is 0 Å². The van der Waals surface area contributed by atoms with Gasteiger partial charge in [-0.05, 0) is 72.1 Å². The highest BCUT2D eigenvalue weighted by atomic mass is 14.3. The number of nitriles is 1. The van der Waals surface area contributed by atoms with Crippen molar-refractivity contribution >= 4 is 0 Å². The summed E-state index contributed by atoms with van der Waals surface area (Å²) in [4.78, 5) is 0. The molecule has 3 rings (SSSR count). The van der Waals surface area contributed by atoms with Crippen molar-refractivity contribution in [3.8, 4) is 17.2 Å². The zero-order chi connectivity index (χ0) is 22.1. The lowest BCUT2D eigenvalue weighted by atomic mass is 9.77. The van der Waals surface area contributed by atoms with Crippen LogP contribution in [0, 0.1) is 23.2 Å². The molecule has 1 aliphatic rings. The number of benzene rings is 2. The minimum absolute atomic E-state index is 0.00322. The van der Waals surface area contributed by atoms with Gasteiger partial charge in [-0.15, -0.1) is 0 Å². The molecule has 1 fully saturated rings. The summed E-state index contributed by atoms with van der Waals surface area (Å²) >= 11 is 0. The van der Waals surface area contributed by atoms with E-state index in [0.717, 1.165) is 30.2 Å². The van der Waals surface area contributed by atoms with Crippen molar-refractivity contribution in [3.63, 3.8) is 0 Å². The summed E-state index contributed by atoms with van der Waals surface area (Å²) < 4.78 is 0. The maximum atomic E-state index is 9.58. The molecule has 0 aromatic heterocycles. The molecule has 0 amide bonds. The summed E-state index contributed by atoms with van der Waals surface area (Å²) in [5, 5.41) is 9.58. The van der Waals surface area contributed by atoms with E-state index in [0.29, 0.717) is 5.92 Å². The van der Waals surface area contributed by atoms with Crippen LogP contribution in [0.25, 0.3) is 11.1 Å². The minimum atomic E-state index is 0.00322. The first kappa shape index (κ1) is 23.6. The van der Waals surface area contributed by atoms with Gasteiger partial charge in [0.1, 0.15) is 0 Å². The van der Waals surface area contributed by atoms with Gasteiger partial charge in [-0.3, -0.25) is 0 Å². The van der Waals surface area contributed by atoms with Crippen LogP contribution < -0.4 is 0 Å². The fourth-order valence-electron chi connectivity index (χ4n) is 5.16. The monoisotopic (exact) mass is 415 g/mol. The van der Waals surface area contributed by atoms with E-state index in [4.69, 9.17) is 0 Å². The van der Waals surface area contributed by atoms with Crippen molar-refractivity contribution in [2.24, 2.45) is 11.8 Å². The minimum Gasteiger partial charge on any atom is -0.198 e. The van der Waals surface area contributed by atoms with E-state index in [9.17, 15) is 5.26 Å². The molecule has 31 heavy (non-hydrogen) atoms. The van der Waals surface area contributed by atoms with Crippen LogP contribution in [-0.2, 0) is 0 Å². The smallest absolute Gasteiger partial charge is 0.0715 e. The molecule has 0 heterocycles. The number of hydrogen-bond donors (Lipinski definition) is 0. The van der Waals surface area contributed by atoms with Crippen molar-refractivity contribution in [3.05, 3.63) is 59.7 Å². The van der Waals surface area contributed by atoms with Crippen LogP contribution in [0.3, 0.4) is 0 Å². The lowest BCUT2D eigenvalue weighted by Crippen LogP contribution is -2.13. The number of nitrogens with zero attached hydrogens (tertiary/aromatic N) is 1. The van der Waals surface area contributed by atoms with E-state index in [1.54, 1.807) is 0 Å². The van der Waals surface area contributed by atoms with E-state index in [-0.39, 0.29) is 5.92 Å². The second-order valence-corrected chi connectivity index (χ2v) is 9.89. The predicted molar refractivity (Wildman–Crippen MR) is 133 cm³/mol. The Morgan fingerprint density at radius 3 is 2.03 bits per heavy atom. The topological polar surface area (TPSA) is 23.8 Å². The molecule has 2 aromatic carbocycles. The van der Waals surface area contributed by atoms with Crippen LogP contribution in [0.1, 0.15) is 108 Å². The maximum absolute atomic E-state index is 9.58. The van der Waals surface area contributed by atoms with Gasteiger partial charge >= 0.3 is 0 Å². The number of hydrogen-bond acceptors (Lipinski definition) is 1. The van der Waals surface area contributed by atoms with Gasteiger partial charge in [-0.1, -0.05) is 101 Å². The zero-order valence-electron chi connectivity index (χ0n) is 19.9. The van der Waals surface area contributed by atoms with E-state index in [2.05, 4.69) is 75.4 Å². The third-order valence-electron chi connectivity index (χ3n) is 7.58. The van der Waals surface area contributed by atoms with Gasteiger partial charge in [0.05, 0.1) is 12.0 Å². The predicted octanol–water partition coefficient (Wildman–Crippen LogP) is 9.25. The maximum Gasteiger partial charge on any atom is 0.0715 e. The Hall–Kier alpha value is -2.07. The molecule has 1 saturated carbocycles. The SMILES string of the molecule is CCCCCC1CCC(c2ccc(-c3ccc(C(C#N)CC(C)CC)cc3)cc2)CC1. The molecule has 1 nitrogen and oxygen atoms in total. The first-order valence-electron chi connectivity index (χ1n) is 12.7. The first-order valence-corrected chi connectivity index (χ1v) is 12.7. The molecular weight excluding hydrogens is 374 g/mol. The summed E-state index contributed by atoms with van der Waals surface area (Å²) in [5.41, 5.74) is 5.19. The standard InChI is InChI=1S/C30H41N/c1-4-6-7-8-24-9-11-25(12-10-24)26-13-15-27(16-14-26)28-17-19-29(20-18-28)30(22-31)21-23(3)5-2/h13-20,23-25,30H,4-12,21H2,1-3H3. The Morgan fingerprint density at radius 1 is 0.871 bits per heavy atom. The molecule has 1 aliphatic carbocycles. The van der Waals surface area contributed by atoms with E-state index >= 15 is 0 Å². The molecule has 0 N–H and O–H groups in total. The second kappa shape index (κ2) is 12.1. The van der Waals surface area contributed by atoms with Crippen LogP contribution in [0.5, 0.6) is 0 Å². The van der Waals surface area contributed by atoms with Gasteiger partial charge in [-0.2, -0.15) is 5.26 Å². The molecule has 2 atom stereocenters. The van der Waals surface area contributed by atoms with Gasteiger partial charge in [0.15, 0.2) is 0 Å². The van der Waals surface area contributed by atoms with Crippen molar-refractivity contribution in [2.75, 3.05) is 0 Å². The Morgan fingerprint density at radius 2 is 1.48 bits per heavy atom. The first-order chi connectivity index (χ1) is 15.1. The lowest BCUT2D eigenvalue weighted by Gasteiger charge is -2.29. The fraction of sp³-hybridized carbons (Fsp3) is 0.567. The highest BCUT2D eigenvalue weighted by Crippen LogP contribution is 2.38. The molecular formula is C30H41N. The van der Waals surface area contributed by atoms with Crippen LogP contribution >= 0.6 is 0 Å². The highest BCUT2D eigenvalue weighted by molar-refractivity contribution is 5.64. The molecule has 2 unspecified atom stereocenters. The van der Waals surface area contributed by atoms with Gasteiger partial charge in [0.25, 0.3) is 0 Å². The quantitative estimate of drug-likeness (QED) is 0.355. The normalized spacial score (nSPS) is 20.7. The second-order valence-electron chi connectivity index (χ2n) is 9.89. The average molecular weight is 416 g/mol. The van der Waals surface area contributed by atoms with E-state index in [1.807, 2.05) is 0 Å². The zero-order valence-corrected chi connectivity index (χ0v) is 19.9. The summed E-state index contributed by atoms with van der Waals surface area (Å²) in [7, 11) is 0. The Kier molecular flexibility index (Phi) is 9.20. The summed E-state index contributed by atoms with van der Waals surface area (Å²) in [6.07, 6.45) is 13.2. The van der Waals surface area contributed by atoms with Crippen LogP contribution in [0.15, 0.2) is 48.5 Å². The molecule has 0 bridgehead atoms. The molecule has 0 radical (unpaired) electrons. The van der Waals surface area contributed by atoms with Crippen molar-refractivity contribution in [1.29, 1.82) is 5.26 Å². The average Bonchev–Trinajstić information content (AvgIpc) is 2.83. The van der Waals surface area contributed by atoms with Crippen LogP contribution in [0.2, 0.25) is 0 Å². The molecule has 0 aliphatic heterocycles. The fourth-order valence-corrected chi connectivity index (χ4v) is 5.16. The highest BCUT2D eigenvalue weighted by Gasteiger charge is 2.22. The summed E-state index contributed by atoms with van der Waals surface area (Å²) in [6, 6.07) is 20.5. The van der Waals surface area contributed by atoms with E-state index < -0.39 is 0 Å². The largest absolute Gasteiger partial charge is 0.198 e. The Balaban J connectivity index is 1.57. The molecule has 0 spiro atoms. The van der Waals surface area contributed by atoms with Gasteiger partial charge in [0, 0.05) is 0 Å². The van der Waals surface area contributed by atoms with Crippen molar-refractivity contribution < 1.29 is 0 Å².